The minimum absolute atomic E-state index is 0.0190. The summed E-state index contributed by atoms with van der Waals surface area (Å²) in [7, 11) is 0. The van der Waals surface area contributed by atoms with E-state index >= 15 is 0 Å². The molecule has 0 spiro atoms. The summed E-state index contributed by atoms with van der Waals surface area (Å²) in [5.74, 6) is 0. The molecule has 0 aliphatic heterocycles. The maximum absolute atomic E-state index is 8.60. The SMILES string of the molecule is CC(C)(CCC#N)CNc1cc(Cl)c(Cl)cc1Cl. The zero-order valence-electron chi connectivity index (χ0n) is 10.4. The van der Waals surface area contributed by atoms with Crippen molar-refractivity contribution in [2.24, 2.45) is 5.41 Å². The van der Waals surface area contributed by atoms with Gasteiger partial charge in [-0.15, -0.1) is 0 Å². The first-order valence-electron chi connectivity index (χ1n) is 5.61. The van der Waals surface area contributed by atoms with Crippen LogP contribution in [0.3, 0.4) is 0 Å². The molecule has 0 aromatic heterocycles. The van der Waals surface area contributed by atoms with E-state index in [-0.39, 0.29) is 5.41 Å². The molecule has 0 saturated heterocycles. The molecule has 0 heterocycles. The largest absolute Gasteiger partial charge is 0.383 e. The van der Waals surface area contributed by atoms with Crippen molar-refractivity contribution >= 4 is 40.5 Å². The number of halogens is 3. The van der Waals surface area contributed by atoms with E-state index in [1.807, 2.05) is 0 Å². The van der Waals surface area contributed by atoms with E-state index in [0.29, 0.717) is 28.0 Å². The van der Waals surface area contributed by atoms with E-state index in [2.05, 4.69) is 25.2 Å². The van der Waals surface area contributed by atoms with Gasteiger partial charge in [0.05, 0.1) is 26.8 Å². The van der Waals surface area contributed by atoms with Crippen LogP contribution in [0, 0.1) is 16.7 Å². The molecule has 0 amide bonds. The Balaban J connectivity index is 2.69. The summed E-state index contributed by atoms with van der Waals surface area (Å²) in [6.45, 7) is 4.91. The number of rotatable bonds is 5. The first-order valence-corrected chi connectivity index (χ1v) is 6.74. The molecular weight excluding hydrogens is 291 g/mol. The molecule has 1 aromatic rings. The number of hydrogen-bond donors (Lipinski definition) is 1. The van der Waals surface area contributed by atoms with E-state index in [1.165, 1.54) is 0 Å². The Kier molecular flexibility index (Phi) is 5.59. The third kappa shape index (κ3) is 4.57. The van der Waals surface area contributed by atoms with Crippen LogP contribution in [0.2, 0.25) is 15.1 Å². The fourth-order valence-electron chi connectivity index (χ4n) is 1.48. The van der Waals surface area contributed by atoms with Gasteiger partial charge in [-0.05, 0) is 24.0 Å². The summed E-state index contributed by atoms with van der Waals surface area (Å²) >= 11 is 17.9. The molecule has 2 nitrogen and oxygen atoms in total. The highest BCUT2D eigenvalue weighted by molar-refractivity contribution is 6.44. The molecule has 0 unspecified atom stereocenters. The van der Waals surface area contributed by atoms with Crippen LogP contribution in [-0.2, 0) is 0 Å². The van der Waals surface area contributed by atoms with Crippen molar-refractivity contribution in [3.05, 3.63) is 27.2 Å². The summed E-state index contributed by atoms with van der Waals surface area (Å²) in [5, 5.41) is 13.3. The van der Waals surface area contributed by atoms with Crippen molar-refractivity contribution in [3.63, 3.8) is 0 Å². The lowest BCUT2D eigenvalue weighted by Gasteiger charge is -2.24. The van der Waals surface area contributed by atoms with Gasteiger partial charge in [0.15, 0.2) is 0 Å². The zero-order chi connectivity index (χ0) is 13.8. The number of benzene rings is 1. The van der Waals surface area contributed by atoms with Crippen LogP contribution >= 0.6 is 34.8 Å². The van der Waals surface area contributed by atoms with Crippen LogP contribution in [0.5, 0.6) is 0 Å². The van der Waals surface area contributed by atoms with E-state index in [1.54, 1.807) is 12.1 Å². The minimum Gasteiger partial charge on any atom is -0.383 e. The predicted octanol–water partition coefficient (Wildman–Crippen LogP) is 5.39. The van der Waals surface area contributed by atoms with Gasteiger partial charge in [0.25, 0.3) is 0 Å². The Morgan fingerprint density at radius 2 is 1.78 bits per heavy atom. The minimum atomic E-state index is 0.0190. The standard InChI is InChI=1S/C13H15Cl3N2/c1-13(2,4-3-5-17)8-18-12-7-10(15)9(14)6-11(12)16/h6-7,18H,3-4,8H2,1-2H3. The molecule has 1 N–H and O–H groups in total. The lowest BCUT2D eigenvalue weighted by atomic mass is 9.88. The summed E-state index contributed by atoms with van der Waals surface area (Å²) in [4.78, 5) is 0. The number of nitrogens with zero attached hydrogens (tertiary/aromatic N) is 1. The third-order valence-corrected chi connectivity index (χ3v) is 3.72. The summed E-state index contributed by atoms with van der Waals surface area (Å²) in [6.07, 6.45) is 1.37. The van der Waals surface area contributed by atoms with Gasteiger partial charge < -0.3 is 5.32 Å². The van der Waals surface area contributed by atoms with Gasteiger partial charge in [-0.1, -0.05) is 48.7 Å². The van der Waals surface area contributed by atoms with Crippen LogP contribution in [-0.4, -0.2) is 6.54 Å². The molecule has 18 heavy (non-hydrogen) atoms. The number of hydrogen-bond acceptors (Lipinski definition) is 2. The number of nitriles is 1. The number of anilines is 1. The zero-order valence-corrected chi connectivity index (χ0v) is 12.6. The van der Waals surface area contributed by atoms with Crippen molar-refractivity contribution in [1.29, 1.82) is 5.26 Å². The first-order chi connectivity index (χ1) is 8.35. The molecule has 0 saturated carbocycles. The monoisotopic (exact) mass is 304 g/mol. The average Bonchev–Trinajstić information content (AvgIpc) is 2.30. The normalized spacial score (nSPS) is 11.1. The van der Waals surface area contributed by atoms with E-state index in [4.69, 9.17) is 40.1 Å². The summed E-state index contributed by atoms with van der Waals surface area (Å²) < 4.78 is 0. The highest BCUT2D eigenvalue weighted by atomic mass is 35.5. The van der Waals surface area contributed by atoms with Gasteiger partial charge >= 0.3 is 0 Å². The topological polar surface area (TPSA) is 35.8 Å². The maximum Gasteiger partial charge on any atom is 0.0653 e. The van der Waals surface area contributed by atoms with E-state index in [0.717, 1.165) is 12.1 Å². The second kappa shape index (κ2) is 6.52. The van der Waals surface area contributed by atoms with Crippen molar-refractivity contribution in [2.75, 3.05) is 11.9 Å². The van der Waals surface area contributed by atoms with Gasteiger partial charge in [0, 0.05) is 13.0 Å². The molecule has 98 valence electrons. The molecule has 0 atom stereocenters. The summed E-state index contributed by atoms with van der Waals surface area (Å²) in [6, 6.07) is 5.49. The highest BCUT2D eigenvalue weighted by Gasteiger charge is 2.18. The Morgan fingerprint density at radius 1 is 1.17 bits per heavy atom. The fraction of sp³-hybridized carbons (Fsp3) is 0.462. The molecule has 0 bridgehead atoms. The summed E-state index contributed by atoms with van der Waals surface area (Å²) in [5.41, 5.74) is 0.779. The van der Waals surface area contributed by atoms with Gasteiger partial charge in [-0.2, -0.15) is 5.26 Å². The van der Waals surface area contributed by atoms with E-state index in [9.17, 15) is 0 Å². The number of nitrogens with one attached hydrogen (secondary N) is 1. The fourth-order valence-corrected chi connectivity index (χ4v) is 2.09. The lowest BCUT2D eigenvalue weighted by Crippen LogP contribution is -2.23. The molecule has 5 heteroatoms. The van der Waals surface area contributed by atoms with Crippen LogP contribution in [0.1, 0.15) is 26.7 Å². The third-order valence-electron chi connectivity index (χ3n) is 2.68. The molecule has 0 fully saturated rings. The molecule has 1 aromatic carbocycles. The van der Waals surface area contributed by atoms with Crippen LogP contribution in [0.15, 0.2) is 12.1 Å². The van der Waals surface area contributed by atoms with Crippen molar-refractivity contribution in [2.45, 2.75) is 26.7 Å². The van der Waals surface area contributed by atoms with Crippen molar-refractivity contribution < 1.29 is 0 Å². The van der Waals surface area contributed by atoms with Crippen LogP contribution < -0.4 is 5.32 Å². The Labute approximate surface area is 123 Å². The van der Waals surface area contributed by atoms with Gasteiger partial charge in [-0.3, -0.25) is 0 Å². The molecule has 1 rings (SSSR count). The molecule has 0 radical (unpaired) electrons. The maximum atomic E-state index is 8.60. The molecule has 0 aliphatic rings. The van der Waals surface area contributed by atoms with Gasteiger partial charge in [0.2, 0.25) is 0 Å². The van der Waals surface area contributed by atoms with E-state index < -0.39 is 0 Å². The first kappa shape index (κ1) is 15.4. The van der Waals surface area contributed by atoms with Crippen molar-refractivity contribution in [3.8, 4) is 6.07 Å². The Bertz CT molecular complexity index is 464. The average molecular weight is 306 g/mol. The molecular formula is C13H15Cl3N2. The quantitative estimate of drug-likeness (QED) is 0.740. The Morgan fingerprint density at radius 3 is 2.39 bits per heavy atom. The lowest BCUT2D eigenvalue weighted by molar-refractivity contribution is 0.364. The molecule has 0 aliphatic carbocycles. The van der Waals surface area contributed by atoms with Gasteiger partial charge in [-0.25, -0.2) is 0 Å². The highest BCUT2D eigenvalue weighted by Crippen LogP contribution is 2.33. The van der Waals surface area contributed by atoms with Crippen LogP contribution in [0.4, 0.5) is 5.69 Å². The van der Waals surface area contributed by atoms with Crippen LogP contribution in [0.25, 0.3) is 0 Å². The second-order valence-electron chi connectivity index (χ2n) is 4.92. The van der Waals surface area contributed by atoms with Crippen molar-refractivity contribution in [1.82, 2.24) is 0 Å². The Hall–Kier alpha value is -0.620. The predicted molar refractivity (Wildman–Crippen MR) is 78.6 cm³/mol. The second-order valence-corrected chi connectivity index (χ2v) is 6.14. The van der Waals surface area contributed by atoms with Gasteiger partial charge in [0.1, 0.15) is 0 Å². The smallest absolute Gasteiger partial charge is 0.0653 e.